The van der Waals surface area contributed by atoms with Gasteiger partial charge in [0.25, 0.3) is 0 Å². The van der Waals surface area contributed by atoms with E-state index in [1.165, 1.54) is 21.7 Å². The van der Waals surface area contributed by atoms with Crippen molar-refractivity contribution in [1.82, 2.24) is 4.31 Å². The van der Waals surface area contributed by atoms with Crippen molar-refractivity contribution in [2.75, 3.05) is 13.2 Å². The third-order valence-corrected chi connectivity index (χ3v) is 7.97. The summed E-state index contributed by atoms with van der Waals surface area (Å²) in [5.41, 5.74) is 6.14. The van der Waals surface area contributed by atoms with Gasteiger partial charge < -0.3 is 18.9 Å². The van der Waals surface area contributed by atoms with Gasteiger partial charge in [0.2, 0.25) is 0 Å². The molecule has 0 spiro atoms. The van der Waals surface area contributed by atoms with E-state index in [1.54, 1.807) is 11.9 Å². The number of benzene rings is 2. The lowest BCUT2D eigenvalue weighted by molar-refractivity contribution is -0.151. The zero-order chi connectivity index (χ0) is 24.0. The van der Waals surface area contributed by atoms with Crippen LogP contribution in [0.2, 0.25) is 0 Å². The molecular formula is C28H27NO4S2. The molecule has 2 aliphatic rings. The highest BCUT2D eigenvalue weighted by molar-refractivity contribution is 8.00. The standard InChI is InChI=1S/C28H27NO4S2/c30-28(31)25(33-19-21-5-2-1-3-6-21)17-20-8-10-24(11-9-20)32-14-13-29-26-22(7-4-15-35-29)18-23-12-16-34-27(23)26/h1-6,8-12,15-16,25H,7,13-14,17-19H2,(H,30,31). The zero-order valence-corrected chi connectivity index (χ0v) is 20.9. The van der Waals surface area contributed by atoms with Gasteiger partial charge in [0.15, 0.2) is 6.10 Å². The number of rotatable bonds is 10. The summed E-state index contributed by atoms with van der Waals surface area (Å²) in [7, 11) is 0. The molecule has 35 heavy (non-hydrogen) atoms. The maximum atomic E-state index is 11.7. The Morgan fingerprint density at radius 1 is 1.06 bits per heavy atom. The molecule has 1 aliphatic heterocycles. The van der Waals surface area contributed by atoms with Crippen LogP contribution < -0.4 is 4.74 Å². The highest BCUT2D eigenvalue weighted by Gasteiger charge is 2.28. The van der Waals surface area contributed by atoms with Crippen LogP contribution in [0.1, 0.15) is 28.0 Å². The molecule has 0 radical (unpaired) electrons. The topological polar surface area (TPSA) is 59.0 Å². The summed E-state index contributed by atoms with van der Waals surface area (Å²) in [6, 6.07) is 19.5. The number of hydrogen-bond donors (Lipinski definition) is 1. The van der Waals surface area contributed by atoms with Crippen LogP contribution in [0.25, 0.3) is 5.70 Å². The number of carbonyl (C=O) groups is 1. The van der Waals surface area contributed by atoms with E-state index in [-0.39, 0.29) is 6.61 Å². The van der Waals surface area contributed by atoms with Gasteiger partial charge in [0.05, 0.1) is 23.7 Å². The fourth-order valence-electron chi connectivity index (χ4n) is 4.31. The number of thiophene rings is 1. The maximum absolute atomic E-state index is 11.7. The summed E-state index contributed by atoms with van der Waals surface area (Å²) < 4.78 is 14.1. The summed E-state index contributed by atoms with van der Waals surface area (Å²) >= 11 is 3.55. The summed E-state index contributed by atoms with van der Waals surface area (Å²) in [5.74, 6) is -0.182. The molecule has 1 atom stereocenters. The van der Waals surface area contributed by atoms with Crippen molar-refractivity contribution in [3.05, 3.63) is 105 Å². The summed E-state index contributed by atoms with van der Waals surface area (Å²) in [6.45, 7) is 1.62. The van der Waals surface area contributed by atoms with Crippen LogP contribution in [-0.2, 0) is 29.0 Å². The van der Waals surface area contributed by atoms with Crippen LogP contribution in [0, 0.1) is 0 Å². The van der Waals surface area contributed by atoms with Crippen molar-refractivity contribution in [3.8, 4) is 5.75 Å². The Balaban J connectivity index is 1.14. The normalized spacial score (nSPS) is 15.5. The molecule has 0 saturated carbocycles. The molecule has 1 aromatic heterocycles. The summed E-state index contributed by atoms with van der Waals surface area (Å²) in [4.78, 5) is 13.1. The van der Waals surface area contributed by atoms with E-state index < -0.39 is 12.1 Å². The van der Waals surface area contributed by atoms with Crippen LogP contribution >= 0.6 is 23.3 Å². The molecule has 5 rings (SSSR count). The Bertz CT molecular complexity index is 1220. The van der Waals surface area contributed by atoms with Gasteiger partial charge in [-0.3, -0.25) is 0 Å². The molecule has 180 valence electrons. The van der Waals surface area contributed by atoms with Crippen molar-refractivity contribution in [2.45, 2.75) is 32.0 Å². The second-order valence-corrected chi connectivity index (χ2v) is 10.3. The molecule has 7 heteroatoms. The Morgan fingerprint density at radius 3 is 2.69 bits per heavy atom. The molecule has 0 saturated heterocycles. The van der Waals surface area contributed by atoms with Crippen LogP contribution in [-0.4, -0.2) is 34.6 Å². The predicted octanol–water partition coefficient (Wildman–Crippen LogP) is 6.17. The third-order valence-electron chi connectivity index (χ3n) is 6.08. The van der Waals surface area contributed by atoms with Gasteiger partial charge in [-0.15, -0.1) is 11.3 Å². The Hall–Kier alpha value is -3.00. The van der Waals surface area contributed by atoms with Gasteiger partial charge in [0.1, 0.15) is 12.4 Å². The minimum atomic E-state index is -0.959. The van der Waals surface area contributed by atoms with Gasteiger partial charge in [-0.2, -0.15) is 0 Å². The first kappa shape index (κ1) is 23.7. The lowest BCUT2D eigenvalue weighted by Gasteiger charge is -2.23. The maximum Gasteiger partial charge on any atom is 0.333 e. The Labute approximate surface area is 213 Å². The van der Waals surface area contributed by atoms with Gasteiger partial charge in [-0.05, 0) is 76.0 Å². The first-order valence-electron chi connectivity index (χ1n) is 11.7. The van der Waals surface area contributed by atoms with E-state index in [0.717, 1.165) is 36.3 Å². The molecule has 1 N–H and O–H groups in total. The minimum absolute atomic E-state index is 0.272. The van der Waals surface area contributed by atoms with Crippen molar-refractivity contribution in [3.63, 3.8) is 0 Å². The van der Waals surface area contributed by atoms with E-state index in [9.17, 15) is 9.90 Å². The third kappa shape index (κ3) is 5.81. The Morgan fingerprint density at radius 2 is 1.89 bits per heavy atom. The molecule has 5 nitrogen and oxygen atoms in total. The summed E-state index contributed by atoms with van der Waals surface area (Å²) in [5, 5.41) is 13.9. The molecular weight excluding hydrogens is 478 g/mol. The molecule has 0 bridgehead atoms. The monoisotopic (exact) mass is 505 g/mol. The number of carboxylic acid groups (broad SMARTS) is 1. The van der Waals surface area contributed by atoms with Crippen molar-refractivity contribution >= 4 is 35.0 Å². The second-order valence-electron chi connectivity index (χ2n) is 8.51. The molecule has 1 aliphatic carbocycles. The predicted molar refractivity (Wildman–Crippen MR) is 141 cm³/mol. The van der Waals surface area contributed by atoms with Crippen LogP contribution in [0.4, 0.5) is 0 Å². The van der Waals surface area contributed by atoms with E-state index in [1.807, 2.05) is 65.9 Å². The average Bonchev–Trinajstić information content (AvgIpc) is 3.40. The van der Waals surface area contributed by atoms with E-state index in [4.69, 9.17) is 9.47 Å². The zero-order valence-electron chi connectivity index (χ0n) is 19.3. The highest BCUT2D eigenvalue weighted by atomic mass is 32.2. The number of aliphatic carboxylic acids is 1. The van der Waals surface area contributed by atoms with Gasteiger partial charge in [-0.25, -0.2) is 4.79 Å². The molecule has 2 aromatic carbocycles. The van der Waals surface area contributed by atoms with Crippen LogP contribution in [0.15, 0.2) is 83.1 Å². The van der Waals surface area contributed by atoms with Crippen LogP contribution in [0.3, 0.4) is 0 Å². The van der Waals surface area contributed by atoms with Gasteiger partial charge in [0, 0.05) is 6.42 Å². The molecule has 0 fully saturated rings. The Kier molecular flexibility index (Phi) is 7.57. The number of allylic oxidation sites excluding steroid dienone is 2. The van der Waals surface area contributed by atoms with Gasteiger partial charge >= 0.3 is 5.97 Å². The number of fused-ring (bicyclic) bond motifs is 2. The number of hydrogen-bond acceptors (Lipinski definition) is 6. The van der Waals surface area contributed by atoms with E-state index in [2.05, 4.69) is 27.2 Å². The lowest BCUT2D eigenvalue weighted by atomic mass is 10.1. The highest BCUT2D eigenvalue weighted by Crippen LogP contribution is 2.44. The molecule has 1 unspecified atom stereocenters. The second kappa shape index (κ2) is 11.2. The lowest BCUT2D eigenvalue weighted by Crippen LogP contribution is -2.26. The number of carboxylic acids is 1. The fourth-order valence-corrected chi connectivity index (χ4v) is 6.23. The molecule has 2 heterocycles. The van der Waals surface area contributed by atoms with Gasteiger partial charge in [-0.1, -0.05) is 48.5 Å². The first-order chi connectivity index (χ1) is 17.2. The fraction of sp³-hybridized carbons (Fsp3) is 0.250. The smallest absolute Gasteiger partial charge is 0.333 e. The van der Waals surface area contributed by atoms with E-state index in [0.29, 0.717) is 13.0 Å². The molecule has 3 aromatic rings. The average molecular weight is 506 g/mol. The quantitative estimate of drug-likeness (QED) is 0.332. The van der Waals surface area contributed by atoms with Crippen molar-refractivity contribution in [1.29, 1.82) is 0 Å². The first-order valence-corrected chi connectivity index (χ1v) is 13.4. The SMILES string of the molecule is O=C(O)C(Cc1ccc(OCCN2SC=CCC3=C2c2sccc2C3)cc1)OCc1ccccc1. The van der Waals surface area contributed by atoms with E-state index >= 15 is 0 Å². The minimum Gasteiger partial charge on any atom is -0.492 e. The number of nitrogens with zero attached hydrogens (tertiary/aromatic N) is 1. The summed E-state index contributed by atoms with van der Waals surface area (Å²) in [6.07, 6.45) is 3.70. The largest absolute Gasteiger partial charge is 0.492 e. The number of ether oxygens (including phenoxy) is 2. The van der Waals surface area contributed by atoms with Crippen LogP contribution in [0.5, 0.6) is 5.75 Å². The van der Waals surface area contributed by atoms with Crippen molar-refractivity contribution < 1.29 is 19.4 Å². The van der Waals surface area contributed by atoms with Crippen molar-refractivity contribution in [2.24, 2.45) is 0 Å². The molecule has 0 amide bonds.